The summed E-state index contributed by atoms with van der Waals surface area (Å²) >= 11 is 0. The van der Waals surface area contributed by atoms with Gasteiger partial charge in [0.25, 0.3) is 5.91 Å². The van der Waals surface area contributed by atoms with Crippen molar-refractivity contribution in [3.8, 4) is 5.75 Å². The van der Waals surface area contributed by atoms with Gasteiger partial charge < -0.3 is 14.8 Å². The van der Waals surface area contributed by atoms with E-state index in [0.717, 1.165) is 0 Å². The third kappa shape index (κ3) is 6.02. The summed E-state index contributed by atoms with van der Waals surface area (Å²) < 4.78 is 11.1. The minimum Gasteiger partial charge on any atom is -0.489 e. The van der Waals surface area contributed by atoms with Gasteiger partial charge in [-0.05, 0) is 44.2 Å². The summed E-state index contributed by atoms with van der Waals surface area (Å²) in [5.41, 5.74) is 1.92. The predicted octanol–water partition coefficient (Wildman–Crippen LogP) is 4.65. The number of ketones is 1. The topological polar surface area (TPSA) is 81.7 Å². The molecule has 0 heterocycles. The zero-order chi connectivity index (χ0) is 22.2. The maximum absolute atomic E-state index is 12.7. The minimum absolute atomic E-state index is 0.107. The number of amides is 1. The summed E-state index contributed by atoms with van der Waals surface area (Å²) in [7, 11) is 0. The van der Waals surface area contributed by atoms with Crippen LogP contribution in [-0.4, -0.2) is 23.8 Å². The lowest BCUT2D eigenvalue weighted by Crippen LogP contribution is -2.30. The zero-order valence-corrected chi connectivity index (χ0v) is 17.3. The first kappa shape index (κ1) is 21.8. The Bertz CT molecular complexity index is 1080. The second-order valence-corrected chi connectivity index (χ2v) is 6.93. The van der Waals surface area contributed by atoms with Crippen LogP contribution >= 0.6 is 0 Å². The average Bonchev–Trinajstić information content (AvgIpc) is 2.78. The molecule has 6 heteroatoms. The third-order valence-corrected chi connectivity index (χ3v) is 4.56. The van der Waals surface area contributed by atoms with Gasteiger partial charge in [0.1, 0.15) is 12.4 Å². The lowest BCUT2D eigenvalue weighted by Gasteiger charge is -2.15. The number of ether oxygens (including phenoxy) is 2. The predicted molar refractivity (Wildman–Crippen MR) is 117 cm³/mol. The molecule has 0 saturated heterocycles. The fraction of sp³-hybridized carbons (Fsp3) is 0.160. The molecule has 0 aromatic heterocycles. The van der Waals surface area contributed by atoms with Crippen LogP contribution in [0.25, 0.3) is 0 Å². The molecule has 3 rings (SSSR count). The van der Waals surface area contributed by atoms with Crippen molar-refractivity contribution < 1.29 is 23.9 Å². The molecule has 0 saturated carbocycles. The molecule has 0 fully saturated rings. The van der Waals surface area contributed by atoms with Gasteiger partial charge in [-0.15, -0.1) is 0 Å². The van der Waals surface area contributed by atoms with Crippen LogP contribution in [-0.2, 0) is 16.1 Å². The van der Waals surface area contributed by atoms with Crippen molar-refractivity contribution in [2.75, 3.05) is 5.32 Å². The van der Waals surface area contributed by atoms with E-state index in [0.29, 0.717) is 28.1 Å². The Morgan fingerprint density at radius 3 is 2.35 bits per heavy atom. The summed E-state index contributed by atoms with van der Waals surface area (Å²) in [4.78, 5) is 36.6. The van der Waals surface area contributed by atoms with Crippen LogP contribution in [0, 0.1) is 0 Å². The van der Waals surface area contributed by atoms with Crippen LogP contribution in [0.1, 0.15) is 40.1 Å². The molecule has 158 valence electrons. The molecule has 0 aliphatic heterocycles. The summed E-state index contributed by atoms with van der Waals surface area (Å²) in [6.07, 6.45) is -1.03. The maximum atomic E-state index is 12.7. The normalized spacial score (nSPS) is 11.3. The number of carbonyl (C=O) groups is 3. The van der Waals surface area contributed by atoms with Gasteiger partial charge in [-0.1, -0.05) is 48.5 Å². The Morgan fingerprint density at radius 1 is 0.903 bits per heavy atom. The van der Waals surface area contributed by atoms with Crippen molar-refractivity contribution in [3.63, 3.8) is 0 Å². The molecular formula is C25H23NO5. The Balaban J connectivity index is 1.63. The average molecular weight is 417 g/mol. The molecule has 1 amide bonds. The highest BCUT2D eigenvalue weighted by molar-refractivity contribution is 5.99. The molecule has 0 radical (unpaired) electrons. The van der Waals surface area contributed by atoms with Crippen molar-refractivity contribution in [2.45, 2.75) is 26.6 Å². The number of para-hydroxylation sites is 1. The molecule has 0 spiro atoms. The molecule has 1 atom stereocenters. The fourth-order valence-corrected chi connectivity index (χ4v) is 2.86. The second-order valence-electron chi connectivity index (χ2n) is 6.93. The lowest BCUT2D eigenvalue weighted by atomic mass is 10.1. The molecule has 3 aromatic carbocycles. The second kappa shape index (κ2) is 10.2. The van der Waals surface area contributed by atoms with Gasteiger partial charge in [0, 0.05) is 16.8 Å². The number of esters is 1. The van der Waals surface area contributed by atoms with Crippen molar-refractivity contribution in [3.05, 3.63) is 95.6 Å². The van der Waals surface area contributed by atoms with E-state index in [1.807, 2.05) is 30.3 Å². The summed E-state index contributed by atoms with van der Waals surface area (Å²) in [5.74, 6) is -0.532. The highest BCUT2D eigenvalue weighted by Gasteiger charge is 2.21. The van der Waals surface area contributed by atoms with Crippen molar-refractivity contribution in [2.24, 2.45) is 0 Å². The smallest absolute Gasteiger partial charge is 0.339 e. The minimum atomic E-state index is -1.03. The van der Waals surface area contributed by atoms with Crippen LogP contribution in [0.5, 0.6) is 5.75 Å². The molecule has 1 N–H and O–H groups in total. The third-order valence-electron chi connectivity index (χ3n) is 4.56. The van der Waals surface area contributed by atoms with Crippen LogP contribution < -0.4 is 10.1 Å². The van der Waals surface area contributed by atoms with Gasteiger partial charge in [0.15, 0.2) is 11.9 Å². The highest BCUT2D eigenvalue weighted by Crippen LogP contribution is 2.17. The van der Waals surface area contributed by atoms with E-state index < -0.39 is 18.0 Å². The van der Waals surface area contributed by atoms with Gasteiger partial charge in [0.2, 0.25) is 0 Å². The van der Waals surface area contributed by atoms with Gasteiger partial charge in [-0.2, -0.15) is 0 Å². The van der Waals surface area contributed by atoms with Gasteiger partial charge in [-0.25, -0.2) is 4.79 Å². The number of carbonyl (C=O) groups excluding carboxylic acids is 3. The maximum Gasteiger partial charge on any atom is 0.339 e. The summed E-state index contributed by atoms with van der Waals surface area (Å²) in [5, 5.41) is 2.66. The first-order valence-corrected chi connectivity index (χ1v) is 9.82. The van der Waals surface area contributed by atoms with Crippen LogP contribution in [0.15, 0.2) is 78.9 Å². The zero-order valence-electron chi connectivity index (χ0n) is 17.3. The molecule has 3 aromatic rings. The Morgan fingerprint density at radius 2 is 1.61 bits per heavy atom. The molecule has 0 aliphatic carbocycles. The van der Waals surface area contributed by atoms with Gasteiger partial charge in [0.05, 0.1) is 5.56 Å². The van der Waals surface area contributed by atoms with E-state index in [9.17, 15) is 14.4 Å². The monoisotopic (exact) mass is 417 g/mol. The Labute approximate surface area is 180 Å². The molecule has 0 aliphatic rings. The fourth-order valence-electron chi connectivity index (χ4n) is 2.86. The molecule has 6 nitrogen and oxygen atoms in total. The summed E-state index contributed by atoms with van der Waals surface area (Å²) in [6, 6.07) is 22.8. The molecule has 0 bridgehead atoms. The molecule has 1 unspecified atom stereocenters. The Kier molecular flexibility index (Phi) is 7.17. The van der Waals surface area contributed by atoms with E-state index in [-0.39, 0.29) is 12.4 Å². The van der Waals surface area contributed by atoms with Crippen molar-refractivity contribution in [1.82, 2.24) is 0 Å². The van der Waals surface area contributed by atoms with Crippen LogP contribution in [0.3, 0.4) is 0 Å². The largest absolute Gasteiger partial charge is 0.489 e. The van der Waals surface area contributed by atoms with E-state index in [1.54, 1.807) is 48.5 Å². The van der Waals surface area contributed by atoms with E-state index in [2.05, 4.69) is 5.32 Å². The quantitative estimate of drug-likeness (QED) is 0.426. The van der Waals surface area contributed by atoms with Crippen LogP contribution in [0.4, 0.5) is 5.69 Å². The number of hydrogen-bond acceptors (Lipinski definition) is 5. The van der Waals surface area contributed by atoms with Gasteiger partial charge >= 0.3 is 5.97 Å². The van der Waals surface area contributed by atoms with Gasteiger partial charge in [-0.3, -0.25) is 9.59 Å². The standard InChI is InChI=1S/C25H23NO5/c1-17(27)19-10-8-11-21(15-19)26-24(28)18(2)31-25(29)23-14-7-6-9-20(23)16-30-22-12-4-3-5-13-22/h3-15,18H,16H2,1-2H3,(H,26,28). The number of nitrogens with one attached hydrogen (secondary N) is 1. The highest BCUT2D eigenvalue weighted by atomic mass is 16.5. The first-order chi connectivity index (χ1) is 14.9. The SMILES string of the molecule is CC(=O)c1cccc(NC(=O)C(C)OC(=O)c2ccccc2COc2ccccc2)c1. The summed E-state index contributed by atoms with van der Waals surface area (Å²) in [6.45, 7) is 3.13. The molecular weight excluding hydrogens is 394 g/mol. The van der Waals surface area contributed by atoms with E-state index in [4.69, 9.17) is 9.47 Å². The number of benzene rings is 3. The molecule has 31 heavy (non-hydrogen) atoms. The van der Waals surface area contributed by atoms with E-state index >= 15 is 0 Å². The van der Waals surface area contributed by atoms with Crippen LogP contribution in [0.2, 0.25) is 0 Å². The number of Topliss-reactive ketones (excluding diaryl/α,β-unsaturated/α-hetero) is 1. The lowest BCUT2D eigenvalue weighted by molar-refractivity contribution is -0.123. The number of rotatable bonds is 8. The number of hydrogen-bond donors (Lipinski definition) is 1. The first-order valence-electron chi connectivity index (χ1n) is 9.82. The van der Waals surface area contributed by atoms with Crippen molar-refractivity contribution >= 4 is 23.3 Å². The van der Waals surface area contributed by atoms with Crippen molar-refractivity contribution in [1.29, 1.82) is 0 Å². The Hall–Kier alpha value is -3.93. The van der Waals surface area contributed by atoms with E-state index in [1.165, 1.54) is 13.8 Å². The number of anilines is 1.